The van der Waals surface area contributed by atoms with Crippen molar-refractivity contribution in [2.75, 3.05) is 19.0 Å². The summed E-state index contributed by atoms with van der Waals surface area (Å²) in [6, 6.07) is 13.9. The molecule has 0 aliphatic rings. The molecule has 176 valence electrons. The fraction of sp³-hybridized carbons (Fsp3) is 0.143. The van der Waals surface area contributed by atoms with Crippen LogP contribution in [0, 0.1) is 0 Å². The summed E-state index contributed by atoms with van der Waals surface area (Å²) >= 11 is 7.06. The standard InChI is InChI=1S/C21H15ClF3N5O3S/c1-32-13-8-6-12(7-9-13)19-20(34-29-27-19)26-17(31)11-33-18-10-16(21(23,24)25)28-30(18)15-5-3-2-4-14(15)22/h2-10H,11H2,1H3,(H,26,31). The molecule has 2 heterocycles. The van der Waals surface area contributed by atoms with Crippen LogP contribution in [0.4, 0.5) is 18.2 Å². The van der Waals surface area contributed by atoms with Crippen molar-refractivity contribution < 1.29 is 27.4 Å². The number of ether oxygens (including phenoxy) is 2. The lowest BCUT2D eigenvalue weighted by molar-refractivity contribution is -0.141. The van der Waals surface area contributed by atoms with Gasteiger partial charge >= 0.3 is 6.18 Å². The van der Waals surface area contributed by atoms with Gasteiger partial charge in [-0.15, -0.1) is 5.10 Å². The van der Waals surface area contributed by atoms with Crippen LogP contribution in [-0.2, 0) is 11.0 Å². The third kappa shape index (κ3) is 5.13. The number of carbonyl (C=O) groups is 1. The molecule has 0 atom stereocenters. The van der Waals surface area contributed by atoms with Crippen LogP contribution in [0.1, 0.15) is 5.69 Å². The van der Waals surface area contributed by atoms with Gasteiger partial charge in [-0.2, -0.15) is 23.0 Å². The first-order valence-electron chi connectivity index (χ1n) is 9.58. The molecule has 1 N–H and O–H groups in total. The van der Waals surface area contributed by atoms with Crippen LogP contribution in [0.2, 0.25) is 5.02 Å². The third-order valence-corrected chi connectivity index (χ3v) is 5.46. The highest BCUT2D eigenvalue weighted by molar-refractivity contribution is 7.10. The summed E-state index contributed by atoms with van der Waals surface area (Å²) in [5, 5.41) is 10.7. The zero-order chi connectivity index (χ0) is 24.3. The topological polar surface area (TPSA) is 91.2 Å². The Kier molecular flexibility index (Phi) is 6.70. The summed E-state index contributed by atoms with van der Waals surface area (Å²) in [4.78, 5) is 12.5. The van der Waals surface area contributed by atoms with Gasteiger partial charge in [0, 0.05) is 23.2 Å². The maximum absolute atomic E-state index is 13.2. The lowest BCUT2D eigenvalue weighted by Gasteiger charge is -2.10. The van der Waals surface area contributed by atoms with E-state index in [0.717, 1.165) is 16.2 Å². The van der Waals surface area contributed by atoms with Crippen LogP contribution in [0.3, 0.4) is 0 Å². The number of methoxy groups -OCH3 is 1. The Bertz CT molecular complexity index is 1310. The fourth-order valence-corrected chi connectivity index (χ4v) is 3.74. The number of rotatable bonds is 7. The summed E-state index contributed by atoms with van der Waals surface area (Å²) in [5.74, 6) is -0.269. The fourth-order valence-electron chi connectivity index (χ4n) is 2.91. The molecule has 0 bridgehead atoms. The molecule has 0 spiro atoms. The number of hydrogen-bond acceptors (Lipinski definition) is 7. The first-order valence-corrected chi connectivity index (χ1v) is 10.7. The number of carbonyl (C=O) groups excluding carboxylic acids is 1. The molecule has 0 saturated carbocycles. The predicted molar refractivity (Wildman–Crippen MR) is 120 cm³/mol. The highest BCUT2D eigenvalue weighted by Gasteiger charge is 2.36. The maximum atomic E-state index is 13.2. The average Bonchev–Trinajstić information content (AvgIpc) is 3.45. The molecule has 13 heteroatoms. The molecule has 0 aliphatic carbocycles. The predicted octanol–water partition coefficient (Wildman–Crippen LogP) is 5.09. The second kappa shape index (κ2) is 9.69. The van der Waals surface area contributed by atoms with E-state index in [2.05, 4.69) is 20.0 Å². The van der Waals surface area contributed by atoms with E-state index in [1.165, 1.54) is 12.1 Å². The largest absolute Gasteiger partial charge is 0.497 e. The van der Waals surface area contributed by atoms with Crippen molar-refractivity contribution in [3.63, 3.8) is 0 Å². The van der Waals surface area contributed by atoms with Crippen molar-refractivity contribution in [2.24, 2.45) is 0 Å². The lowest BCUT2D eigenvalue weighted by atomic mass is 10.1. The van der Waals surface area contributed by atoms with Gasteiger partial charge in [0.1, 0.15) is 16.4 Å². The van der Waals surface area contributed by atoms with Gasteiger partial charge in [-0.05, 0) is 36.4 Å². The Labute approximate surface area is 200 Å². The maximum Gasteiger partial charge on any atom is 0.435 e. The number of para-hydroxylation sites is 1. The van der Waals surface area contributed by atoms with E-state index in [1.54, 1.807) is 43.5 Å². The number of hydrogen-bond donors (Lipinski definition) is 1. The van der Waals surface area contributed by atoms with Gasteiger partial charge < -0.3 is 14.8 Å². The van der Waals surface area contributed by atoms with Crippen molar-refractivity contribution in [1.82, 2.24) is 19.4 Å². The van der Waals surface area contributed by atoms with Gasteiger partial charge in [0.15, 0.2) is 12.3 Å². The number of aromatic nitrogens is 4. The van der Waals surface area contributed by atoms with Gasteiger partial charge in [-0.3, -0.25) is 4.79 Å². The third-order valence-electron chi connectivity index (χ3n) is 4.50. The van der Waals surface area contributed by atoms with Crippen molar-refractivity contribution in [1.29, 1.82) is 0 Å². The molecule has 2 aromatic carbocycles. The Hall–Kier alpha value is -3.64. The summed E-state index contributed by atoms with van der Waals surface area (Å²) in [5.41, 5.74) is 0.110. The van der Waals surface area contributed by atoms with Crippen molar-refractivity contribution in [3.05, 3.63) is 65.3 Å². The highest BCUT2D eigenvalue weighted by Crippen LogP contribution is 2.34. The molecular formula is C21H15ClF3N5O3S. The van der Waals surface area contributed by atoms with Crippen LogP contribution < -0.4 is 14.8 Å². The zero-order valence-electron chi connectivity index (χ0n) is 17.3. The lowest BCUT2D eigenvalue weighted by Crippen LogP contribution is -2.21. The van der Waals surface area contributed by atoms with Gasteiger partial charge in [0.2, 0.25) is 5.88 Å². The second-order valence-corrected chi connectivity index (χ2v) is 7.91. The van der Waals surface area contributed by atoms with E-state index < -0.39 is 24.4 Å². The van der Waals surface area contributed by atoms with Gasteiger partial charge in [0.05, 0.1) is 17.8 Å². The minimum absolute atomic E-state index is 0.161. The van der Waals surface area contributed by atoms with Crippen LogP contribution >= 0.6 is 23.1 Å². The molecule has 8 nitrogen and oxygen atoms in total. The van der Waals surface area contributed by atoms with Crippen LogP contribution in [0.15, 0.2) is 54.6 Å². The van der Waals surface area contributed by atoms with Crippen LogP contribution in [0.5, 0.6) is 11.6 Å². The number of amides is 1. The normalized spacial score (nSPS) is 11.3. The minimum atomic E-state index is -4.71. The van der Waals surface area contributed by atoms with E-state index in [1.807, 2.05) is 0 Å². The van der Waals surface area contributed by atoms with Gasteiger partial charge in [0.25, 0.3) is 5.91 Å². The molecule has 0 radical (unpaired) electrons. The van der Waals surface area contributed by atoms with Crippen molar-refractivity contribution >= 4 is 34.0 Å². The number of halogens is 4. The van der Waals surface area contributed by atoms with E-state index in [4.69, 9.17) is 21.1 Å². The molecular weight excluding hydrogens is 495 g/mol. The highest BCUT2D eigenvalue weighted by atomic mass is 35.5. The average molecular weight is 510 g/mol. The molecule has 2 aromatic heterocycles. The molecule has 34 heavy (non-hydrogen) atoms. The van der Waals surface area contributed by atoms with Crippen molar-refractivity contribution in [2.45, 2.75) is 6.18 Å². The molecule has 4 rings (SSSR count). The summed E-state index contributed by atoms with van der Waals surface area (Å²) < 4.78 is 55.0. The van der Waals surface area contributed by atoms with E-state index >= 15 is 0 Å². The van der Waals surface area contributed by atoms with Gasteiger partial charge in [-0.1, -0.05) is 28.2 Å². The summed E-state index contributed by atoms with van der Waals surface area (Å²) in [6.07, 6.45) is -4.71. The van der Waals surface area contributed by atoms with Crippen molar-refractivity contribution in [3.8, 4) is 28.6 Å². The minimum Gasteiger partial charge on any atom is -0.497 e. The zero-order valence-corrected chi connectivity index (χ0v) is 18.9. The Morgan fingerprint density at radius 1 is 1.18 bits per heavy atom. The first kappa shape index (κ1) is 23.5. The van der Waals surface area contributed by atoms with Crippen LogP contribution in [0.25, 0.3) is 16.9 Å². The molecule has 0 saturated heterocycles. The van der Waals surface area contributed by atoms with E-state index in [-0.39, 0.29) is 16.6 Å². The number of nitrogens with one attached hydrogen (secondary N) is 1. The molecule has 0 aliphatic heterocycles. The Balaban J connectivity index is 1.51. The van der Waals surface area contributed by atoms with Crippen LogP contribution in [-0.4, -0.2) is 39.0 Å². The smallest absolute Gasteiger partial charge is 0.435 e. The SMILES string of the molecule is COc1ccc(-c2nnsc2NC(=O)COc2cc(C(F)(F)F)nn2-c2ccccc2Cl)cc1. The molecule has 0 fully saturated rings. The monoisotopic (exact) mass is 509 g/mol. The number of anilines is 1. The number of nitrogens with zero attached hydrogens (tertiary/aromatic N) is 4. The summed E-state index contributed by atoms with van der Waals surface area (Å²) in [6.45, 7) is -0.590. The summed E-state index contributed by atoms with van der Waals surface area (Å²) in [7, 11) is 1.54. The quantitative estimate of drug-likeness (QED) is 0.373. The number of alkyl halides is 3. The number of benzene rings is 2. The van der Waals surface area contributed by atoms with E-state index in [9.17, 15) is 18.0 Å². The molecule has 0 unspecified atom stereocenters. The molecule has 1 amide bonds. The Morgan fingerprint density at radius 2 is 1.91 bits per heavy atom. The molecule has 4 aromatic rings. The first-order chi connectivity index (χ1) is 16.3. The van der Waals surface area contributed by atoms with E-state index in [0.29, 0.717) is 28.1 Å². The van der Waals surface area contributed by atoms with Gasteiger partial charge in [-0.25, -0.2) is 0 Å². The second-order valence-electron chi connectivity index (χ2n) is 6.74. The Morgan fingerprint density at radius 3 is 2.59 bits per heavy atom.